The van der Waals surface area contributed by atoms with Crippen LogP contribution in [0, 0.1) is 0 Å². The highest BCUT2D eigenvalue weighted by Crippen LogP contribution is 2.30. The molecule has 0 saturated carbocycles. The molecular weight excluding hydrogens is 260 g/mol. The van der Waals surface area contributed by atoms with Gasteiger partial charge in [-0.05, 0) is 30.7 Å². The van der Waals surface area contributed by atoms with Gasteiger partial charge in [-0.1, -0.05) is 30.3 Å². The third-order valence-electron chi connectivity index (χ3n) is 2.85. The third kappa shape index (κ3) is 3.07. The minimum Gasteiger partial charge on any atom is -0.490 e. The standard InChI is InChI=1S/C16H17ClO2/c1-11(2)19-15-8-7-12-5-3-4-6-13(12)16(15)14(18)9-10-17/h3-8,11H,9-10H2,1-2H3. The number of rotatable bonds is 5. The lowest BCUT2D eigenvalue weighted by Gasteiger charge is -2.15. The van der Waals surface area contributed by atoms with Crippen LogP contribution in [0.4, 0.5) is 0 Å². The van der Waals surface area contributed by atoms with Crippen molar-refractivity contribution in [3.05, 3.63) is 42.0 Å². The Kier molecular flexibility index (Phi) is 4.43. The van der Waals surface area contributed by atoms with Crippen LogP contribution in [0.2, 0.25) is 0 Å². The first-order valence-corrected chi connectivity index (χ1v) is 6.94. The van der Waals surface area contributed by atoms with E-state index in [1.807, 2.05) is 50.2 Å². The maximum absolute atomic E-state index is 12.3. The Morgan fingerprint density at radius 2 is 1.95 bits per heavy atom. The Hall–Kier alpha value is -1.54. The molecule has 2 nitrogen and oxygen atoms in total. The molecule has 0 heterocycles. The summed E-state index contributed by atoms with van der Waals surface area (Å²) in [5, 5.41) is 1.97. The molecule has 0 radical (unpaired) electrons. The van der Waals surface area contributed by atoms with Crippen molar-refractivity contribution in [2.75, 3.05) is 5.88 Å². The Morgan fingerprint density at radius 3 is 2.63 bits per heavy atom. The molecule has 100 valence electrons. The molecular formula is C16H17ClO2. The van der Waals surface area contributed by atoms with E-state index in [1.165, 1.54) is 0 Å². The fourth-order valence-electron chi connectivity index (χ4n) is 2.10. The second-order valence-electron chi connectivity index (χ2n) is 4.69. The predicted octanol–water partition coefficient (Wildman–Crippen LogP) is 4.44. The molecule has 2 aromatic rings. The van der Waals surface area contributed by atoms with Crippen molar-refractivity contribution < 1.29 is 9.53 Å². The summed E-state index contributed by atoms with van der Waals surface area (Å²) in [5.41, 5.74) is 0.646. The van der Waals surface area contributed by atoms with Crippen molar-refractivity contribution in [3.63, 3.8) is 0 Å². The lowest BCUT2D eigenvalue weighted by atomic mass is 9.99. The zero-order valence-electron chi connectivity index (χ0n) is 11.2. The number of ketones is 1. The van der Waals surface area contributed by atoms with Gasteiger partial charge in [0.1, 0.15) is 5.75 Å². The summed E-state index contributed by atoms with van der Waals surface area (Å²) in [7, 11) is 0. The zero-order chi connectivity index (χ0) is 13.8. The molecule has 0 atom stereocenters. The van der Waals surface area contributed by atoms with Crippen LogP contribution in [0.5, 0.6) is 5.75 Å². The molecule has 0 aliphatic rings. The van der Waals surface area contributed by atoms with Gasteiger partial charge < -0.3 is 4.74 Å². The van der Waals surface area contributed by atoms with E-state index in [1.54, 1.807) is 0 Å². The van der Waals surface area contributed by atoms with Gasteiger partial charge in [0.2, 0.25) is 0 Å². The zero-order valence-corrected chi connectivity index (χ0v) is 11.9. The highest BCUT2D eigenvalue weighted by molar-refractivity contribution is 6.20. The smallest absolute Gasteiger partial charge is 0.168 e. The van der Waals surface area contributed by atoms with Gasteiger partial charge >= 0.3 is 0 Å². The average molecular weight is 277 g/mol. The maximum Gasteiger partial charge on any atom is 0.168 e. The van der Waals surface area contributed by atoms with E-state index < -0.39 is 0 Å². The van der Waals surface area contributed by atoms with Gasteiger partial charge in [0.15, 0.2) is 5.78 Å². The van der Waals surface area contributed by atoms with Gasteiger partial charge in [-0.3, -0.25) is 4.79 Å². The molecule has 2 aromatic carbocycles. The van der Waals surface area contributed by atoms with Gasteiger partial charge in [0.05, 0.1) is 11.7 Å². The number of benzene rings is 2. The van der Waals surface area contributed by atoms with Crippen LogP contribution in [0.25, 0.3) is 10.8 Å². The van der Waals surface area contributed by atoms with Crippen LogP contribution in [-0.4, -0.2) is 17.8 Å². The largest absolute Gasteiger partial charge is 0.490 e. The van der Waals surface area contributed by atoms with Crippen molar-refractivity contribution >= 4 is 28.2 Å². The number of alkyl halides is 1. The molecule has 0 aromatic heterocycles. The van der Waals surface area contributed by atoms with E-state index in [0.29, 0.717) is 23.6 Å². The minimum atomic E-state index is 0.0300. The van der Waals surface area contributed by atoms with Crippen LogP contribution in [0.15, 0.2) is 36.4 Å². The topological polar surface area (TPSA) is 26.3 Å². The first-order chi connectivity index (χ1) is 9.13. The van der Waals surface area contributed by atoms with Crippen LogP contribution in [-0.2, 0) is 0 Å². The first kappa shape index (κ1) is 13.9. The number of ether oxygens (including phenoxy) is 1. The Labute approximate surface area is 118 Å². The van der Waals surface area contributed by atoms with Crippen molar-refractivity contribution in [1.29, 1.82) is 0 Å². The third-order valence-corrected chi connectivity index (χ3v) is 3.04. The monoisotopic (exact) mass is 276 g/mol. The molecule has 0 unspecified atom stereocenters. The van der Waals surface area contributed by atoms with E-state index in [2.05, 4.69) is 0 Å². The second kappa shape index (κ2) is 6.07. The number of hydrogen-bond acceptors (Lipinski definition) is 2. The average Bonchev–Trinajstić information content (AvgIpc) is 2.38. The Balaban J connectivity index is 2.60. The molecule has 19 heavy (non-hydrogen) atoms. The number of fused-ring (bicyclic) bond motifs is 1. The lowest BCUT2D eigenvalue weighted by molar-refractivity contribution is 0.0985. The van der Waals surface area contributed by atoms with E-state index in [4.69, 9.17) is 16.3 Å². The number of carbonyl (C=O) groups excluding carboxylic acids is 1. The SMILES string of the molecule is CC(C)Oc1ccc2ccccc2c1C(=O)CCCl. The van der Waals surface area contributed by atoms with E-state index in [-0.39, 0.29) is 11.9 Å². The minimum absolute atomic E-state index is 0.0300. The molecule has 0 amide bonds. The highest BCUT2D eigenvalue weighted by atomic mass is 35.5. The summed E-state index contributed by atoms with van der Waals surface area (Å²) in [6.07, 6.45) is 0.355. The molecule has 0 aliphatic carbocycles. The molecule has 0 N–H and O–H groups in total. The van der Waals surface area contributed by atoms with Crippen molar-refractivity contribution in [2.45, 2.75) is 26.4 Å². The summed E-state index contributed by atoms with van der Waals surface area (Å²) in [6.45, 7) is 3.90. The van der Waals surface area contributed by atoms with Crippen molar-refractivity contribution in [2.24, 2.45) is 0 Å². The lowest BCUT2D eigenvalue weighted by Crippen LogP contribution is -2.11. The van der Waals surface area contributed by atoms with Crippen LogP contribution >= 0.6 is 11.6 Å². The molecule has 0 bridgehead atoms. The maximum atomic E-state index is 12.3. The van der Waals surface area contributed by atoms with Crippen molar-refractivity contribution in [1.82, 2.24) is 0 Å². The summed E-state index contributed by atoms with van der Waals surface area (Å²) < 4.78 is 5.76. The van der Waals surface area contributed by atoms with Crippen molar-refractivity contribution in [3.8, 4) is 5.75 Å². The molecule has 0 saturated heterocycles. The summed E-state index contributed by atoms with van der Waals surface area (Å²) in [5.74, 6) is 0.995. The van der Waals surface area contributed by atoms with Gasteiger partial charge in [-0.25, -0.2) is 0 Å². The number of hydrogen-bond donors (Lipinski definition) is 0. The summed E-state index contributed by atoms with van der Waals surface area (Å²) in [4.78, 5) is 12.3. The second-order valence-corrected chi connectivity index (χ2v) is 5.07. The Morgan fingerprint density at radius 1 is 1.21 bits per heavy atom. The van der Waals surface area contributed by atoms with Crippen LogP contribution in [0.1, 0.15) is 30.6 Å². The van der Waals surface area contributed by atoms with E-state index >= 15 is 0 Å². The van der Waals surface area contributed by atoms with Gasteiger partial charge in [-0.15, -0.1) is 11.6 Å². The highest BCUT2D eigenvalue weighted by Gasteiger charge is 2.16. The van der Waals surface area contributed by atoms with E-state index in [0.717, 1.165) is 10.8 Å². The van der Waals surface area contributed by atoms with Crippen LogP contribution < -0.4 is 4.74 Å². The number of halogens is 1. The fourth-order valence-corrected chi connectivity index (χ4v) is 2.27. The predicted molar refractivity (Wildman–Crippen MR) is 79.4 cm³/mol. The first-order valence-electron chi connectivity index (χ1n) is 6.41. The number of Topliss-reactive ketones (excluding diaryl/α,β-unsaturated/α-hetero) is 1. The molecule has 0 spiro atoms. The van der Waals surface area contributed by atoms with E-state index in [9.17, 15) is 4.79 Å². The normalized spacial score (nSPS) is 10.9. The number of carbonyl (C=O) groups is 1. The van der Waals surface area contributed by atoms with Gasteiger partial charge in [-0.2, -0.15) is 0 Å². The summed E-state index contributed by atoms with van der Waals surface area (Å²) in [6, 6.07) is 11.7. The van der Waals surface area contributed by atoms with Gasteiger partial charge in [0, 0.05) is 12.3 Å². The summed E-state index contributed by atoms with van der Waals surface area (Å²) >= 11 is 5.69. The van der Waals surface area contributed by atoms with Crippen LogP contribution in [0.3, 0.4) is 0 Å². The molecule has 0 aliphatic heterocycles. The quantitative estimate of drug-likeness (QED) is 0.596. The Bertz CT molecular complexity index is 590. The molecule has 2 rings (SSSR count). The van der Waals surface area contributed by atoms with Gasteiger partial charge in [0.25, 0.3) is 0 Å². The molecule has 0 fully saturated rings. The molecule has 3 heteroatoms. The fraction of sp³-hybridized carbons (Fsp3) is 0.312.